The summed E-state index contributed by atoms with van der Waals surface area (Å²) in [6.45, 7) is 7.15. The second-order valence-electron chi connectivity index (χ2n) is 7.19. The molecule has 32 heavy (non-hydrogen) atoms. The third-order valence-corrected chi connectivity index (χ3v) is 4.99. The van der Waals surface area contributed by atoms with E-state index in [-0.39, 0.29) is 30.1 Å². The zero-order valence-corrected chi connectivity index (χ0v) is 21.9. The predicted octanol–water partition coefficient (Wildman–Crippen LogP) is 4.41. The van der Waals surface area contributed by atoms with Crippen molar-refractivity contribution >= 4 is 51.9 Å². The summed E-state index contributed by atoms with van der Waals surface area (Å²) in [5.41, 5.74) is 1.86. The Bertz CT molecular complexity index is 914. The van der Waals surface area contributed by atoms with E-state index < -0.39 is 0 Å². The number of aliphatic imine (C=N–C) groups is 1. The van der Waals surface area contributed by atoms with Crippen LogP contribution in [0.2, 0.25) is 0 Å². The molecule has 0 aliphatic carbocycles. The van der Waals surface area contributed by atoms with Crippen LogP contribution in [0.15, 0.2) is 47.0 Å². The van der Waals surface area contributed by atoms with Crippen LogP contribution in [-0.4, -0.2) is 54.9 Å². The normalized spacial score (nSPS) is 11.6. The predicted molar refractivity (Wildman–Crippen MR) is 141 cm³/mol. The molecule has 0 aliphatic rings. The quantitative estimate of drug-likeness (QED) is 0.145. The van der Waals surface area contributed by atoms with E-state index in [9.17, 15) is 0 Å². The number of halogens is 1. The lowest BCUT2D eigenvalue weighted by atomic mass is 10.3. The van der Waals surface area contributed by atoms with Crippen LogP contribution in [0.4, 0.5) is 5.69 Å². The van der Waals surface area contributed by atoms with Gasteiger partial charge in [-0.25, -0.2) is 9.98 Å². The zero-order chi connectivity index (χ0) is 21.9. The van der Waals surface area contributed by atoms with Crippen LogP contribution in [0.5, 0.6) is 5.75 Å². The Kier molecular flexibility index (Phi) is 11.8. The van der Waals surface area contributed by atoms with Crippen LogP contribution in [0.1, 0.15) is 26.0 Å². The molecule has 3 rings (SSSR count). The molecule has 0 atom stereocenters. The average molecular weight is 574 g/mol. The van der Waals surface area contributed by atoms with Gasteiger partial charge < -0.3 is 24.8 Å². The third kappa shape index (κ3) is 8.93. The molecule has 0 spiro atoms. The van der Waals surface area contributed by atoms with Gasteiger partial charge in [-0.05, 0) is 44.5 Å². The molecule has 2 N–H and O–H groups in total. The molecule has 0 aliphatic heterocycles. The fraction of sp³-hybridized carbons (Fsp3) is 0.455. The summed E-state index contributed by atoms with van der Waals surface area (Å²) in [6, 6.07) is 7.87. The van der Waals surface area contributed by atoms with Gasteiger partial charge in [-0.1, -0.05) is 0 Å². The molecular weight excluding hydrogens is 541 g/mol. The molecule has 2 heterocycles. The molecule has 0 amide bonds. The first kappa shape index (κ1) is 26.4. The number of thiazole rings is 1. The van der Waals surface area contributed by atoms with E-state index in [1.165, 1.54) is 0 Å². The van der Waals surface area contributed by atoms with Crippen molar-refractivity contribution in [2.24, 2.45) is 4.99 Å². The summed E-state index contributed by atoms with van der Waals surface area (Å²) in [6.07, 6.45) is 5.02. The summed E-state index contributed by atoms with van der Waals surface area (Å²) >= 11 is 1.61. The fourth-order valence-electron chi connectivity index (χ4n) is 2.80. The number of methoxy groups -OCH3 is 1. The number of guanidine groups is 1. The van der Waals surface area contributed by atoms with Gasteiger partial charge in [0, 0.05) is 43.7 Å². The van der Waals surface area contributed by atoms with Gasteiger partial charge in [0.15, 0.2) is 10.9 Å². The SMILES string of the molecule is COCCOCCCNC(=NCc1cn2ccsc2n1)Nc1ccc(OC(C)C)cc1.I. The number of benzene rings is 1. The number of ether oxygens (including phenoxy) is 3. The van der Waals surface area contributed by atoms with Crippen molar-refractivity contribution in [2.45, 2.75) is 32.9 Å². The molecule has 0 radical (unpaired) electrons. The fourth-order valence-corrected chi connectivity index (χ4v) is 3.52. The van der Waals surface area contributed by atoms with Gasteiger partial charge in [0.2, 0.25) is 0 Å². The molecule has 0 bridgehead atoms. The Morgan fingerprint density at radius 1 is 1.19 bits per heavy atom. The Labute approximate surface area is 210 Å². The highest BCUT2D eigenvalue weighted by Gasteiger charge is 2.05. The first-order chi connectivity index (χ1) is 15.1. The standard InChI is InChI=1S/C22H31N5O3S.HI/c1-17(2)30-20-7-5-18(6-8-20)25-21(23-9-4-11-29-13-12-28-3)24-15-19-16-27-10-14-31-22(27)26-19;/h5-8,10,14,16-17H,4,9,11-13,15H2,1-3H3,(H2,23,24,25);1H. The third-order valence-electron chi connectivity index (χ3n) is 4.22. The van der Waals surface area contributed by atoms with Gasteiger partial charge in [0.05, 0.1) is 31.6 Å². The first-order valence-electron chi connectivity index (χ1n) is 10.4. The molecule has 3 aromatic rings. The lowest BCUT2D eigenvalue weighted by Crippen LogP contribution is -2.32. The van der Waals surface area contributed by atoms with Gasteiger partial charge in [-0.2, -0.15) is 0 Å². The van der Waals surface area contributed by atoms with E-state index in [1.807, 2.05) is 60.3 Å². The number of aromatic nitrogens is 2. The Morgan fingerprint density at radius 2 is 2.00 bits per heavy atom. The Hall–Kier alpha value is -1.89. The number of rotatable bonds is 12. The first-order valence-corrected chi connectivity index (χ1v) is 11.3. The van der Waals surface area contributed by atoms with E-state index in [4.69, 9.17) is 19.2 Å². The highest BCUT2D eigenvalue weighted by Crippen LogP contribution is 2.17. The van der Waals surface area contributed by atoms with Crippen LogP contribution < -0.4 is 15.4 Å². The molecule has 8 nitrogen and oxygen atoms in total. The molecule has 0 saturated carbocycles. The second kappa shape index (κ2) is 14.3. The minimum atomic E-state index is 0. The van der Waals surface area contributed by atoms with Gasteiger partial charge >= 0.3 is 0 Å². The van der Waals surface area contributed by atoms with Crippen molar-refractivity contribution in [1.29, 1.82) is 0 Å². The van der Waals surface area contributed by atoms with Crippen LogP contribution in [0, 0.1) is 0 Å². The van der Waals surface area contributed by atoms with E-state index in [1.54, 1.807) is 18.4 Å². The molecule has 176 valence electrons. The maximum Gasteiger partial charge on any atom is 0.196 e. The highest BCUT2D eigenvalue weighted by atomic mass is 127. The van der Waals surface area contributed by atoms with E-state index in [0.717, 1.165) is 35.1 Å². The summed E-state index contributed by atoms with van der Waals surface area (Å²) in [7, 11) is 1.67. The number of hydrogen-bond donors (Lipinski definition) is 2. The van der Waals surface area contributed by atoms with Crippen LogP contribution in [0.3, 0.4) is 0 Å². The second-order valence-corrected chi connectivity index (χ2v) is 8.06. The van der Waals surface area contributed by atoms with Crippen molar-refractivity contribution in [3.05, 3.63) is 47.7 Å². The lowest BCUT2D eigenvalue weighted by Gasteiger charge is -2.14. The van der Waals surface area contributed by atoms with Gasteiger partial charge in [0.1, 0.15) is 5.75 Å². The van der Waals surface area contributed by atoms with Gasteiger partial charge in [0.25, 0.3) is 0 Å². The smallest absolute Gasteiger partial charge is 0.196 e. The van der Waals surface area contributed by atoms with E-state index in [0.29, 0.717) is 32.3 Å². The molecule has 1 aromatic carbocycles. The van der Waals surface area contributed by atoms with E-state index in [2.05, 4.69) is 15.6 Å². The zero-order valence-electron chi connectivity index (χ0n) is 18.7. The lowest BCUT2D eigenvalue weighted by molar-refractivity contribution is 0.0699. The molecule has 0 fully saturated rings. The molecule has 10 heteroatoms. The largest absolute Gasteiger partial charge is 0.491 e. The Balaban J connectivity index is 0.00000363. The number of imidazole rings is 1. The minimum absolute atomic E-state index is 0. The van der Waals surface area contributed by atoms with Crippen LogP contribution >= 0.6 is 35.3 Å². The Morgan fingerprint density at radius 3 is 2.72 bits per heavy atom. The van der Waals surface area contributed by atoms with Crippen LogP contribution in [0.25, 0.3) is 4.96 Å². The highest BCUT2D eigenvalue weighted by molar-refractivity contribution is 14.0. The molecule has 0 unspecified atom stereocenters. The summed E-state index contributed by atoms with van der Waals surface area (Å²) in [5, 5.41) is 8.75. The number of anilines is 1. The van der Waals surface area contributed by atoms with Gasteiger partial charge in [-0.3, -0.25) is 4.40 Å². The number of nitrogens with one attached hydrogen (secondary N) is 2. The average Bonchev–Trinajstić information content (AvgIpc) is 3.34. The van der Waals surface area contributed by atoms with Crippen molar-refractivity contribution in [3.8, 4) is 5.75 Å². The van der Waals surface area contributed by atoms with Crippen molar-refractivity contribution in [2.75, 3.05) is 38.8 Å². The molecule has 0 saturated heterocycles. The molecule has 2 aromatic heterocycles. The number of nitrogens with zero attached hydrogens (tertiary/aromatic N) is 3. The van der Waals surface area contributed by atoms with Crippen LogP contribution in [-0.2, 0) is 16.0 Å². The summed E-state index contributed by atoms with van der Waals surface area (Å²) in [5.74, 6) is 1.55. The maximum atomic E-state index is 5.71. The van der Waals surface area contributed by atoms with Crippen molar-refractivity contribution in [1.82, 2.24) is 14.7 Å². The minimum Gasteiger partial charge on any atom is -0.491 e. The van der Waals surface area contributed by atoms with Crippen molar-refractivity contribution in [3.63, 3.8) is 0 Å². The summed E-state index contributed by atoms with van der Waals surface area (Å²) < 4.78 is 18.2. The molecular formula is C22H32IN5O3S. The van der Waals surface area contributed by atoms with Gasteiger partial charge in [-0.15, -0.1) is 35.3 Å². The number of fused-ring (bicyclic) bond motifs is 1. The van der Waals surface area contributed by atoms with Crippen molar-refractivity contribution < 1.29 is 14.2 Å². The topological polar surface area (TPSA) is 81.4 Å². The van der Waals surface area contributed by atoms with E-state index >= 15 is 0 Å². The number of hydrogen-bond acceptors (Lipinski definition) is 6. The monoisotopic (exact) mass is 573 g/mol. The summed E-state index contributed by atoms with van der Waals surface area (Å²) in [4.78, 5) is 10.3. The maximum absolute atomic E-state index is 5.71.